The summed E-state index contributed by atoms with van der Waals surface area (Å²) in [5.41, 5.74) is 0. The quantitative estimate of drug-likeness (QED) is 0.578. The van der Waals surface area contributed by atoms with Crippen molar-refractivity contribution in [3.8, 4) is 0 Å². The first-order valence-electron chi connectivity index (χ1n) is 3.64. The molecule has 0 saturated carbocycles. The van der Waals surface area contributed by atoms with Gasteiger partial charge in [0, 0.05) is 13.1 Å². The summed E-state index contributed by atoms with van der Waals surface area (Å²) in [6.07, 6.45) is 1.36. The Morgan fingerprint density at radius 2 is 1.89 bits per heavy atom. The largest absolute Gasteiger partial charge is 0.291 e. The Labute approximate surface area is 62.8 Å². The van der Waals surface area contributed by atoms with Crippen molar-refractivity contribution in [1.82, 2.24) is 4.90 Å². The summed E-state index contributed by atoms with van der Waals surface area (Å²) in [4.78, 5) is 2.41. The van der Waals surface area contributed by atoms with Crippen molar-refractivity contribution in [2.75, 3.05) is 13.1 Å². The van der Waals surface area contributed by atoms with E-state index in [2.05, 4.69) is 31.4 Å². The van der Waals surface area contributed by atoms with Crippen molar-refractivity contribution in [2.45, 2.75) is 25.6 Å². The molecule has 0 aromatic carbocycles. The van der Waals surface area contributed by atoms with Crippen LogP contribution in [0.3, 0.4) is 0 Å². The number of likely N-dealkylation sites (tertiary alicyclic amines) is 1. The third-order valence-electron chi connectivity index (χ3n) is 1.86. The van der Waals surface area contributed by atoms with Crippen molar-refractivity contribution in [3.63, 3.8) is 0 Å². The molecule has 0 radical (unpaired) electrons. The molecule has 2 heteroatoms. The molecule has 54 valence electrons. The van der Waals surface area contributed by atoms with Gasteiger partial charge in [0.25, 0.3) is 0 Å². The summed E-state index contributed by atoms with van der Waals surface area (Å²) in [5, 5.41) is 0.499. The fourth-order valence-corrected chi connectivity index (χ4v) is 1.26. The predicted molar refractivity (Wildman–Crippen MR) is 43.8 cm³/mol. The first kappa shape index (κ1) is 7.42. The summed E-state index contributed by atoms with van der Waals surface area (Å²) < 4.78 is 0. The van der Waals surface area contributed by atoms with Gasteiger partial charge in [-0.1, -0.05) is 13.8 Å². The second kappa shape index (κ2) is 2.93. The third-order valence-corrected chi connectivity index (χ3v) is 2.78. The van der Waals surface area contributed by atoms with Gasteiger partial charge in [-0.3, -0.25) is 4.90 Å². The minimum atomic E-state index is 0.499. The molecule has 1 aliphatic heterocycles. The molecule has 1 rings (SSSR count). The molecule has 1 fully saturated rings. The molecule has 9 heavy (non-hydrogen) atoms. The number of hydrogen-bond donors (Lipinski definition) is 1. The van der Waals surface area contributed by atoms with Gasteiger partial charge < -0.3 is 0 Å². The summed E-state index contributed by atoms with van der Waals surface area (Å²) in [7, 11) is 0. The smallest absolute Gasteiger partial charge is 0.0550 e. The van der Waals surface area contributed by atoms with E-state index in [1.165, 1.54) is 19.5 Å². The first-order chi connectivity index (χ1) is 4.22. The average Bonchev–Trinajstić information content (AvgIpc) is 1.60. The van der Waals surface area contributed by atoms with Crippen LogP contribution in [0.4, 0.5) is 0 Å². The zero-order valence-corrected chi connectivity index (χ0v) is 7.06. The molecule has 1 saturated heterocycles. The van der Waals surface area contributed by atoms with Crippen LogP contribution in [0.5, 0.6) is 0 Å². The zero-order chi connectivity index (χ0) is 6.85. The highest BCUT2D eigenvalue weighted by molar-refractivity contribution is 7.80. The monoisotopic (exact) mass is 145 g/mol. The lowest BCUT2D eigenvalue weighted by Gasteiger charge is -2.37. The normalized spacial score (nSPS) is 24.0. The van der Waals surface area contributed by atoms with E-state index in [9.17, 15) is 0 Å². The van der Waals surface area contributed by atoms with Crippen molar-refractivity contribution >= 4 is 12.6 Å². The molecule has 0 spiro atoms. The lowest BCUT2D eigenvalue weighted by atomic mass is 10.1. The van der Waals surface area contributed by atoms with E-state index in [0.29, 0.717) is 11.3 Å². The van der Waals surface area contributed by atoms with Gasteiger partial charge in [0.2, 0.25) is 0 Å². The van der Waals surface area contributed by atoms with Crippen LogP contribution in [0.15, 0.2) is 0 Å². The highest BCUT2D eigenvalue weighted by atomic mass is 32.1. The van der Waals surface area contributed by atoms with Gasteiger partial charge in [-0.2, -0.15) is 12.6 Å². The molecule has 1 unspecified atom stereocenters. The van der Waals surface area contributed by atoms with Gasteiger partial charge >= 0.3 is 0 Å². The number of thiol groups is 1. The molecule has 1 heterocycles. The molecule has 1 atom stereocenters. The summed E-state index contributed by atoms with van der Waals surface area (Å²) in [6.45, 7) is 6.95. The van der Waals surface area contributed by atoms with Crippen LogP contribution in [0.1, 0.15) is 20.3 Å². The van der Waals surface area contributed by atoms with E-state index < -0.39 is 0 Å². The molecule has 0 amide bonds. The Balaban J connectivity index is 2.23. The molecule has 1 nitrogen and oxygen atoms in total. The Hall–Kier alpha value is 0.310. The predicted octanol–water partition coefficient (Wildman–Crippen LogP) is 1.60. The molecular formula is C7H15NS. The molecule has 0 aromatic rings. The Bertz CT molecular complexity index is 88.9. The van der Waals surface area contributed by atoms with Crippen LogP contribution in [-0.4, -0.2) is 23.4 Å². The number of rotatable bonds is 2. The maximum absolute atomic E-state index is 4.48. The van der Waals surface area contributed by atoms with E-state index in [1.54, 1.807) is 0 Å². The topological polar surface area (TPSA) is 3.24 Å². The van der Waals surface area contributed by atoms with Crippen LogP contribution in [0.2, 0.25) is 0 Å². The fourth-order valence-electron chi connectivity index (χ4n) is 1.03. The molecule has 0 N–H and O–H groups in total. The molecule has 1 aliphatic rings. The second-order valence-electron chi connectivity index (χ2n) is 3.05. The van der Waals surface area contributed by atoms with E-state index in [1.807, 2.05) is 0 Å². The second-order valence-corrected chi connectivity index (χ2v) is 3.58. The van der Waals surface area contributed by atoms with E-state index in [4.69, 9.17) is 0 Å². The fraction of sp³-hybridized carbons (Fsp3) is 1.00. The van der Waals surface area contributed by atoms with Gasteiger partial charge in [-0.25, -0.2) is 0 Å². The van der Waals surface area contributed by atoms with Gasteiger partial charge in [0.15, 0.2) is 0 Å². The Kier molecular flexibility index (Phi) is 2.42. The highest BCUT2D eigenvalue weighted by Gasteiger charge is 2.22. The summed E-state index contributed by atoms with van der Waals surface area (Å²) in [6, 6.07) is 0. The zero-order valence-electron chi connectivity index (χ0n) is 6.17. The highest BCUT2D eigenvalue weighted by Crippen LogP contribution is 2.19. The first-order valence-corrected chi connectivity index (χ1v) is 4.15. The van der Waals surface area contributed by atoms with Crippen LogP contribution >= 0.6 is 12.6 Å². The Morgan fingerprint density at radius 3 is 2.00 bits per heavy atom. The van der Waals surface area contributed by atoms with Gasteiger partial charge in [-0.05, 0) is 12.3 Å². The van der Waals surface area contributed by atoms with Gasteiger partial charge in [-0.15, -0.1) is 0 Å². The van der Waals surface area contributed by atoms with Crippen molar-refractivity contribution in [1.29, 1.82) is 0 Å². The number of hydrogen-bond acceptors (Lipinski definition) is 2. The Morgan fingerprint density at radius 1 is 1.33 bits per heavy atom. The summed E-state index contributed by atoms with van der Waals surface area (Å²) >= 11 is 4.48. The molecular weight excluding hydrogens is 130 g/mol. The maximum atomic E-state index is 4.48. The van der Waals surface area contributed by atoms with Crippen molar-refractivity contribution in [3.05, 3.63) is 0 Å². The van der Waals surface area contributed by atoms with E-state index >= 15 is 0 Å². The summed E-state index contributed by atoms with van der Waals surface area (Å²) in [5.74, 6) is 0.689. The molecule has 0 aliphatic carbocycles. The lowest BCUT2D eigenvalue weighted by molar-refractivity contribution is 0.141. The SMILES string of the molecule is CC(C)C(S)N1CCC1. The van der Waals surface area contributed by atoms with Crippen LogP contribution in [0.25, 0.3) is 0 Å². The number of nitrogens with zero attached hydrogens (tertiary/aromatic N) is 1. The van der Waals surface area contributed by atoms with Crippen LogP contribution < -0.4 is 0 Å². The van der Waals surface area contributed by atoms with E-state index in [0.717, 1.165) is 0 Å². The van der Waals surface area contributed by atoms with Crippen molar-refractivity contribution < 1.29 is 0 Å². The van der Waals surface area contributed by atoms with Gasteiger partial charge in [0.1, 0.15) is 0 Å². The lowest BCUT2D eigenvalue weighted by Crippen LogP contribution is -2.44. The van der Waals surface area contributed by atoms with E-state index in [-0.39, 0.29) is 0 Å². The standard InChI is InChI=1S/C7H15NS/c1-6(2)7(9)8-4-3-5-8/h6-7,9H,3-5H2,1-2H3. The minimum Gasteiger partial charge on any atom is -0.291 e. The average molecular weight is 145 g/mol. The van der Waals surface area contributed by atoms with Gasteiger partial charge in [0.05, 0.1) is 5.37 Å². The third kappa shape index (κ3) is 1.62. The maximum Gasteiger partial charge on any atom is 0.0550 e. The van der Waals surface area contributed by atoms with Crippen LogP contribution in [0, 0.1) is 5.92 Å². The molecule has 0 aromatic heterocycles. The molecule has 0 bridgehead atoms. The van der Waals surface area contributed by atoms with Crippen molar-refractivity contribution in [2.24, 2.45) is 5.92 Å². The minimum absolute atomic E-state index is 0.499. The van der Waals surface area contributed by atoms with Crippen LogP contribution in [-0.2, 0) is 0 Å².